The Kier molecular flexibility index (Phi) is 7.49. The van der Waals surface area contributed by atoms with Crippen molar-refractivity contribution in [2.45, 2.75) is 76.2 Å². The molecule has 0 bridgehead atoms. The number of ether oxygens (including phenoxy) is 2. The van der Waals surface area contributed by atoms with Gasteiger partial charge in [0.15, 0.2) is 5.17 Å². The van der Waals surface area contributed by atoms with Gasteiger partial charge in [-0.15, -0.1) is 0 Å². The van der Waals surface area contributed by atoms with Crippen LogP contribution in [-0.2, 0) is 15.0 Å². The van der Waals surface area contributed by atoms with Crippen molar-refractivity contribution in [2.75, 3.05) is 13.3 Å². The van der Waals surface area contributed by atoms with E-state index in [9.17, 15) is 9.18 Å². The molecule has 2 heterocycles. The van der Waals surface area contributed by atoms with Gasteiger partial charge in [-0.05, 0) is 62.2 Å². The molecule has 1 aromatic heterocycles. The maximum atomic E-state index is 14.7. The number of fused-ring (bicyclic) bond motifs is 1. The average molecular weight is 547 g/mol. The number of carbonyl (C=O) groups excluding carboxylic acids is 1. The number of amides is 1. The van der Waals surface area contributed by atoms with Crippen LogP contribution in [0.2, 0.25) is 25.7 Å². The Morgan fingerprint density at radius 1 is 1.41 bits per heavy atom. The maximum Gasteiger partial charge on any atom is 0.418 e. The Morgan fingerprint density at radius 3 is 2.72 bits per heavy atom. The molecule has 6 nitrogen and oxygen atoms in total. The zero-order valence-electron chi connectivity index (χ0n) is 19.9. The molecule has 0 radical (unpaired) electrons. The molecule has 0 aromatic carbocycles. The fraction of sp³-hybridized carbons (Fsp3) is 0.682. The highest BCUT2D eigenvalue weighted by Crippen LogP contribution is 2.58. The summed E-state index contributed by atoms with van der Waals surface area (Å²) in [5.74, 6) is -0.346. The minimum atomic E-state index is -1.27. The molecule has 32 heavy (non-hydrogen) atoms. The highest BCUT2D eigenvalue weighted by molar-refractivity contribution is 9.10. The molecular weight excluding hydrogens is 513 g/mol. The quantitative estimate of drug-likeness (QED) is 0.183. The number of rotatable bonds is 6. The van der Waals surface area contributed by atoms with Gasteiger partial charge < -0.3 is 9.47 Å². The van der Waals surface area contributed by atoms with Crippen LogP contribution < -0.4 is 0 Å². The number of nitrogens with zero attached hydrogens (tertiary/aromatic N) is 3. The van der Waals surface area contributed by atoms with Crippen molar-refractivity contribution in [1.82, 2.24) is 9.88 Å². The van der Waals surface area contributed by atoms with Crippen LogP contribution in [0.15, 0.2) is 21.7 Å². The van der Waals surface area contributed by atoms with E-state index in [0.29, 0.717) is 21.8 Å². The summed E-state index contributed by atoms with van der Waals surface area (Å²) in [5, 5.41) is 0.769. The van der Waals surface area contributed by atoms with Crippen LogP contribution in [0, 0.1) is 11.9 Å². The first-order valence-electron chi connectivity index (χ1n) is 10.9. The van der Waals surface area contributed by atoms with Crippen molar-refractivity contribution < 1.29 is 18.7 Å². The van der Waals surface area contributed by atoms with E-state index in [2.05, 4.69) is 40.6 Å². The predicted molar refractivity (Wildman–Crippen MR) is 133 cm³/mol. The lowest BCUT2D eigenvalue weighted by Crippen LogP contribution is -2.44. The molecule has 1 aliphatic carbocycles. The molecule has 3 rings (SSSR count). The van der Waals surface area contributed by atoms with Crippen molar-refractivity contribution in [2.24, 2.45) is 10.9 Å². The Bertz CT molecular complexity index is 905. The molecule has 0 N–H and O–H groups in total. The average Bonchev–Trinajstić information content (AvgIpc) is 3.41. The summed E-state index contributed by atoms with van der Waals surface area (Å²) in [5.41, 5.74) is -1.04. The molecule has 1 saturated carbocycles. The topological polar surface area (TPSA) is 64.0 Å². The first-order chi connectivity index (χ1) is 14.7. The smallest absolute Gasteiger partial charge is 0.418 e. The number of hydrogen-bond donors (Lipinski definition) is 0. The largest absolute Gasteiger partial charge is 0.443 e. The molecule has 3 atom stereocenters. The number of hydrogen-bond acceptors (Lipinski definition) is 6. The van der Waals surface area contributed by atoms with Gasteiger partial charge in [0.25, 0.3) is 0 Å². The van der Waals surface area contributed by atoms with Crippen molar-refractivity contribution >= 4 is 47.0 Å². The predicted octanol–water partition coefficient (Wildman–Crippen LogP) is 6.24. The molecule has 1 amide bonds. The highest BCUT2D eigenvalue weighted by Gasteiger charge is 2.57. The van der Waals surface area contributed by atoms with Crippen LogP contribution in [-0.4, -0.2) is 53.4 Å². The molecule has 0 spiro atoms. The van der Waals surface area contributed by atoms with Gasteiger partial charge in [0.1, 0.15) is 12.3 Å². The molecule has 1 unspecified atom stereocenters. The summed E-state index contributed by atoms with van der Waals surface area (Å²) in [6.45, 7) is 14.9. The number of carbonyl (C=O) groups is 1. The summed E-state index contributed by atoms with van der Waals surface area (Å²) in [6, 6.07) is 2.73. The zero-order valence-corrected chi connectivity index (χ0v) is 23.3. The van der Waals surface area contributed by atoms with E-state index in [1.165, 1.54) is 11.1 Å². The van der Waals surface area contributed by atoms with Gasteiger partial charge in [-0.3, -0.25) is 4.99 Å². The molecular formula is C22H33BrFN3O3SSi. The second-order valence-corrected chi connectivity index (χ2v) is 18.5. The van der Waals surface area contributed by atoms with E-state index >= 15 is 0 Å². The van der Waals surface area contributed by atoms with E-state index in [1.807, 2.05) is 27.7 Å². The molecule has 178 valence electrons. The normalized spacial score (nSPS) is 25.1. The zero-order chi connectivity index (χ0) is 23.9. The standard InChI is InChI=1S/C22H33BrFN3O3SSi/c1-21(2,3)30-20(28)27(13-29-8-9-32(5,6)7)19-26-22(4,15-11-17(15)31-19)16-10-14(23)12-25-18(16)24/h10,12,15,17H,8-9,11,13H2,1-7H3/t15-,17?,22+/m1/s1. The third kappa shape index (κ3) is 6.33. The van der Waals surface area contributed by atoms with E-state index < -0.39 is 31.3 Å². The van der Waals surface area contributed by atoms with Crippen LogP contribution in [0.5, 0.6) is 0 Å². The Labute approximate surface area is 203 Å². The second-order valence-electron chi connectivity index (χ2n) is 10.8. The summed E-state index contributed by atoms with van der Waals surface area (Å²) in [4.78, 5) is 23.3. The molecule has 0 saturated heterocycles. The fourth-order valence-corrected chi connectivity index (χ4v) is 6.12. The summed E-state index contributed by atoms with van der Waals surface area (Å²) >= 11 is 4.94. The molecule has 1 aromatic rings. The van der Waals surface area contributed by atoms with Crippen LogP contribution in [0.3, 0.4) is 0 Å². The van der Waals surface area contributed by atoms with Crippen molar-refractivity contribution in [3.63, 3.8) is 0 Å². The van der Waals surface area contributed by atoms with Gasteiger partial charge in [-0.2, -0.15) is 4.39 Å². The van der Waals surface area contributed by atoms with Gasteiger partial charge in [-0.25, -0.2) is 14.7 Å². The number of pyridine rings is 1. The lowest BCUT2D eigenvalue weighted by Gasteiger charge is -2.34. The highest BCUT2D eigenvalue weighted by atomic mass is 79.9. The number of thioether (sulfide) groups is 1. The summed E-state index contributed by atoms with van der Waals surface area (Å²) < 4.78 is 27.0. The Hall–Kier alpha value is -0.973. The van der Waals surface area contributed by atoms with Crippen LogP contribution >= 0.6 is 27.7 Å². The number of halogens is 2. The van der Waals surface area contributed by atoms with Gasteiger partial charge in [-0.1, -0.05) is 31.4 Å². The Morgan fingerprint density at radius 2 is 2.09 bits per heavy atom. The minimum Gasteiger partial charge on any atom is -0.443 e. The van der Waals surface area contributed by atoms with E-state index in [0.717, 1.165) is 12.5 Å². The third-order valence-corrected chi connectivity index (χ3v) is 8.94. The summed E-state index contributed by atoms with van der Waals surface area (Å²) in [6.07, 6.45) is 1.83. The monoisotopic (exact) mass is 545 g/mol. The van der Waals surface area contributed by atoms with Gasteiger partial charge in [0.05, 0.1) is 5.54 Å². The van der Waals surface area contributed by atoms with E-state index in [4.69, 9.17) is 14.5 Å². The third-order valence-electron chi connectivity index (χ3n) is 5.45. The van der Waals surface area contributed by atoms with Gasteiger partial charge in [0.2, 0.25) is 5.95 Å². The lowest BCUT2D eigenvalue weighted by molar-refractivity contribution is 0.0110. The fourth-order valence-electron chi connectivity index (χ4n) is 3.54. The molecule has 2 aliphatic rings. The molecule has 10 heteroatoms. The van der Waals surface area contributed by atoms with Crippen LogP contribution in [0.25, 0.3) is 0 Å². The minimum absolute atomic E-state index is 0.0535. The first-order valence-corrected chi connectivity index (χ1v) is 16.2. The van der Waals surface area contributed by atoms with Crippen molar-refractivity contribution in [3.05, 3.63) is 28.2 Å². The number of aromatic nitrogens is 1. The maximum absolute atomic E-state index is 14.7. The molecule has 1 fully saturated rings. The lowest BCUT2D eigenvalue weighted by atomic mass is 9.88. The SMILES string of the molecule is CC(C)(C)OC(=O)N(COCC[Si](C)(C)C)C1=N[C@](C)(c2cc(Br)cnc2F)[C@@H]2CC2S1. The van der Waals surface area contributed by atoms with E-state index in [1.54, 1.807) is 17.8 Å². The first kappa shape index (κ1) is 25.6. The Balaban J connectivity index is 1.90. The second kappa shape index (κ2) is 9.35. The van der Waals surface area contributed by atoms with Crippen LogP contribution in [0.1, 0.15) is 39.7 Å². The van der Waals surface area contributed by atoms with Gasteiger partial charge >= 0.3 is 6.09 Å². The van der Waals surface area contributed by atoms with Crippen molar-refractivity contribution in [1.29, 1.82) is 0 Å². The molecule has 1 aliphatic heterocycles. The van der Waals surface area contributed by atoms with Crippen LogP contribution in [0.4, 0.5) is 9.18 Å². The van der Waals surface area contributed by atoms with Gasteiger partial charge in [0, 0.05) is 42.1 Å². The number of aliphatic imine (C=N–C) groups is 1. The van der Waals surface area contributed by atoms with E-state index in [-0.39, 0.29) is 17.9 Å². The number of amidine groups is 1. The van der Waals surface area contributed by atoms with Crippen molar-refractivity contribution in [3.8, 4) is 0 Å². The summed E-state index contributed by atoms with van der Waals surface area (Å²) in [7, 11) is -1.27.